The molecule has 0 spiro atoms. The molecule has 0 amide bonds. The maximum absolute atomic E-state index is 4.44. The lowest BCUT2D eigenvalue weighted by Gasteiger charge is -2.11. The topological polar surface area (TPSA) is 24.9 Å². The highest BCUT2D eigenvalue weighted by Crippen LogP contribution is 2.00. The van der Waals surface area contributed by atoms with E-state index in [1.165, 1.54) is 0 Å². The van der Waals surface area contributed by atoms with E-state index in [-0.39, 0.29) is 0 Å². The Morgan fingerprint density at radius 3 is 2.93 bits per heavy atom. The fourth-order valence-corrected chi connectivity index (χ4v) is 1.90. The van der Waals surface area contributed by atoms with Crippen LogP contribution in [0.3, 0.4) is 0 Å². The first-order chi connectivity index (χ1) is 6.72. The van der Waals surface area contributed by atoms with Gasteiger partial charge < -0.3 is 5.32 Å². The van der Waals surface area contributed by atoms with E-state index in [1.54, 1.807) is 0 Å². The summed E-state index contributed by atoms with van der Waals surface area (Å²) in [6, 6.07) is 6.69. The zero-order chi connectivity index (χ0) is 10.4. The lowest BCUT2D eigenvalue weighted by Crippen LogP contribution is -2.27. The fourth-order valence-electron chi connectivity index (χ4n) is 1.29. The van der Waals surface area contributed by atoms with E-state index >= 15 is 0 Å². The molecule has 0 aliphatic carbocycles. The molecule has 0 aromatic carbocycles. The predicted molar refractivity (Wildman–Crippen MR) is 63.7 cm³/mol. The van der Waals surface area contributed by atoms with Gasteiger partial charge in [0, 0.05) is 24.0 Å². The molecule has 0 aliphatic rings. The van der Waals surface area contributed by atoms with Gasteiger partial charge in [0.1, 0.15) is 0 Å². The van der Waals surface area contributed by atoms with Crippen molar-refractivity contribution in [2.24, 2.45) is 0 Å². The Morgan fingerprint density at radius 1 is 1.50 bits per heavy atom. The Kier molecular flexibility index (Phi) is 4.98. The Morgan fingerprint density at radius 2 is 2.29 bits per heavy atom. The van der Waals surface area contributed by atoms with E-state index in [4.69, 9.17) is 0 Å². The Labute approximate surface area is 90.5 Å². The Balaban J connectivity index is 2.37. The second kappa shape index (κ2) is 6.04. The molecule has 1 atom stereocenters. The van der Waals surface area contributed by atoms with Gasteiger partial charge in [0.05, 0.1) is 5.69 Å². The van der Waals surface area contributed by atoms with E-state index in [9.17, 15) is 0 Å². The molecule has 78 valence electrons. The molecule has 0 fully saturated rings. The minimum absolute atomic E-state index is 0.548. The van der Waals surface area contributed by atoms with Gasteiger partial charge >= 0.3 is 0 Å². The largest absolute Gasteiger partial charge is 0.308 e. The van der Waals surface area contributed by atoms with Crippen LogP contribution in [0.5, 0.6) is 0 Å². The Bertz CT molecular complexity index is 276. The van der Waals surface area contributed by atoms with Crippen LogP contribution in [-0.4, -0.2) is 23.0 Å². The molecular weight excluding hydrogens is 192 g/mol. The third kappa shape index (κ3) is 4.11. The summed E-state index contributed by atoms with van der Waals surface area (Å²) in [5, 5.41) is 3.44. The molecular formula is C11H18N2S. The number of pyridine rings is 1. The number of nitrogens with one attached hydrogen (secondary N) is 1. The van der Waals surface area contributed by atoms with Gasteiger partial charge in [-0.1, -0.05) is 6.07 Å². The maximum Gasteiger partial charge on any atom is 0.0544 e. The van der Waals surface area contributed by atoms with Gasteiger partial charge in [0.2, 0.25) is 0 Å². The molecule has 0 saturated heterocycles. The zero-order valence-electron chi connectivity index (χ0n) is 9.08. The molecule has 2 nitrogen and oxygen atoms in total. The van der Waals surface area contributed by atoms with Crippen molar-refractivity contribution in [2.75, 3.05) is 12.0 Å². The van der Waals surface area contributed by atoms with Gasteiger partial charge in [0.15, 0.2) is 0 Å². The smallest absolute Gasteiger partial charge is 0.0544 e. The minimum atomic E-state index is 0.548. The van der Waals surface area contributed by atoms with Gasteiger partial charge in [-0.3, -0.25) is 4.98 Å². The summed E-state index contributed by atoms with van der Waals surface area (Å²) < 4.78 is 0. The van der Waals surface area contributed by atoms with Crippen molar-refractivity contribution in [3.05, 3.63) is 29.6 Å². The molecule has 1 heterocycles. The normalized spacial score (nSPS) is 12.8. The molecule has 14 heavy (non-hydrogen) atoms. The summed E-state index contributed by atoms with van der Waals surface area (Å²) >= 11 is 1.87. The number of rotatable bonds is 5. The number of thioether (sulfide) groups is 1. The number of aromatic nitrogens is 1. The Hall–Kier alpha value is -0.540. The van der Waals surface area contributed by atoms with Gasteiger partial charge in [0.25, 0.3) is 0 Å². The first-order valence-corrected chi connectivity index (χ1v) is 6.26. The van der Waals surface area contributed by atoms with Gasteiger partial charge in [-0.2, -0.15) is 11.8 Å². The summed E-state index contributed by atoms with van der Waals surface area (Å²) in [6.45, 7) is 5.09. The van der Waals surface area contributed by atoms with Crippen molar-refractivity contribution in [2.45, 2.75) is 26.4 Å². The molecule has 1 unspecified atom stereocenters. The average molecular weight is 210 g/mol. The van der Waals surface area contributed by atoms with E-state index < -0.39 is 0 Å². The summed E-state index contributed by atoms with van der Waals surface area (Å²) in [6.07, 6.45) is 2.13. The number of hydrogen-bond donors (Lipinski definition) is 1. The molecule has 0 aliphatic heterocycles. The van der Waals surface area contributed by atoms with Crippen LogP contribution >= 0.6 is 11.8 Å². The van der Waals surface area contributed by atoms with Crippen LogP contribution in [0, 0.1) is 6.92 Å². The van der Waals surface area contributed by atoms with Crippen molar-refractivity contribution in [1.82, 2.24) is 10.3 Å². The zero-order valence-corrected chi connectivity index (χ0v) is 9.90. The van der Waals surface area contributed by atoms with E-state index in [1.807, 2.05) is 24.8 Å². The third-order valence-corrected chi connectivity index (χ3v) is 2.83. The first-order valence-electron chi connectivity index (χ1n) is 4.87. The van der Waals surface area contributed by atoms with Crippen LogP contribution < -0.4 is 5.32 Å². The number of nitrogens with zero attached hydrogens (tertiary/aromatic N) is 1. The van der Waals surface area contributed by atoms with E-state index in [0.717, 1.165) is 23.7 Å². The minimum Gasteiger partial charge on any atom is -0.308 e. The van der Waals surface area contributed by atoms with Crippen LogP contribution in [-0.2, 0) is 6.54 Å². The maximum atomic E-state index is 4.44. The summed E-state index contributed by atoms with van der Waals surface area (Å²) in [7, 11) is 0. The standard InChI is InChI=1S/C11H18N2S/c1-9-5-4-6-11(13-9)7-12-10(2)8-14-3/h4-6,10,12H,7-8H2,1-3H3. The molecule has 1 N–H and O–H groups in total. The predicted octanol–water partition coefficient (Wildman–Crippen LogP) is 2.23. The number of aryl methyl sites for hydroxylation is 1. The number of hydrogen-bond acceptors (Lipinski definition) is 3. The van der Waals surface area contributed by atoms with Crippen LogP contribution in [0.2, 0.25) is 0 Å². The molecule has 0 radical (unpaired) electrons. The lowest BCUT2D eigenvalue weighted by atomic mass is 10.3. The molecule has 0 bridgehead atoms. The summed E-state index contributed by atoms with van der Waals surface area (Å²) in [5.74, 6) is 1.14. The second-order valence-corrected chi connectivity index (χ2v) is 4.42. The van der Waals surface area contributed by atoms with Gasteiger partial charge in [-0.15, -0.1) is 0 Å². The average Bonchev–Trinajstić information content (AvgIpc) is 2.15. The van der Waals surface area contributed by atoms with Crippen molar-refractivity contribution in [3.8, 4) is 0 Å². The van der Waals surface area contributed by atoms with Crippen LogP contribution in [0.15, 0.2) is 18.2 Å². The van der Waals surface area contributed by atoms with Crippen LogP contribution in [0.25, 0.3) is 0 Å². The van der Waals surface area contributed by atoms with E-state index in [0.29, 0.717) is 6.04 Å². The summed E-state index contributed by atoms with van der Waals surface area (Å²) in [4.78, 5) is 4.44. The monoisotopic (exact) mass is 210 g/mol. The molecule has 1 aromatic rings. The SMILES string of the molecule is CSCC(C)NCc1cccc(C)n1. The van der Waals surface area contributed by atoms with Crippen LogP contribution in [0.4, 0.5) is 0 Å². The van der Waals surface area contributed by atoms with E-state index in [2.05, 4.69) is 35.6 Å². The quantitative estimate of drug-likeness (QED) is 0.806. The van der Waals surface area contributed by atoms with Gasteiger partial charge in [-0.05, 0) is 32.2 Å². The van der Waals surface area contributed by atoms with Gasteiger partial charge in [-0.25, -0.2) is 0 Å². The summed E-state index contributed by atoms with van der Waals surface area (Å²) in [5.41, 5.74) is 2.21. The molecule has 0 saturated carbocycles. The fraction of sp³-hybridized carbons (Fsp3) is 0.545. The molecule has 1 aromatic heterocycles. The van der Waals surface area contributed by atoms with Crippen LogP contribution in [0.1, 0.15) is 18.3 Å². The van der Waals surface area contributed by atoms with Crippen molar-refractivity contribution >= 4 is 11.8 Å². The molecule has 3 heteroatoms. The first kappa shape index (κ1) is 11.5. The molecule has 1 rings (SSSR count). The van der Waals surface area contributed by atoms with Crippen molar-refractivity contribution < 1.29 is 0 Å². The third-order valence-electron chi connectivity index (χ3n) is 1.99. The highest BCUT2D eigenvalue weighted by Gasteiger charge is 2.00. The lowest BCUT2D eigenvalue weighted by molar-refractivity contribution is 0.588. The highest BCUT2D eigenvalue weighted by molar-refractivity contribution is 7.98. The van der Waals surface area contributed by atoms with Crippen molar-refractivity contribution in [3.63, 3.8) is 0 Å². The second-order valence-electron chi connectivity index (χ2n) is 3.51. The van der Waals surface area contributed by atoms with Crippen molar-refractivity contribution in [1.29, 1.82) is 0 Å². The highest BCUT2D eigenvalue weighted by atomic mass is 32.2.